The van der Waals surface area contributed by atoms with Crippen LogP contribution in [0.5, 0.6) is 0 Å². The molecular weight excluding hydrogens is 316 g/mol. The third-order valence-electron chi connectivity index (χ3n) is 2.79. The molecule has 18 heavy (non-hydrogen) atoms. The Bertz CT molecular complexity index is 491. The number of hydrogen-bond donors (Lipinski definition) is 1. The van der Waals surface area contributed by atoms with E-state index in [9.17, 15) is 8.42 Å². The van der Waals surface area contributed by atoms with Crippen LogP contribution in [0.25, 0.3) is 0 Å². The molecule has 102 valence electrons. The summed E-state index contributed by atoms with van der Waals surface area (Å²) in [6, 6.07) is 7.63. The third-order valence-corrected chi connectivity index (χ3v) is 5.74. The van der Waals surface area contributed by atoms with E-state index in [4.69, 9.17) is 0 Å². The molecule has 0 saturated heterocycles. The van der Waals surface area contributed by atoms with Crippen LogP contribution in [-0.4, -0.2) is 38.6 Å². The van der Waals surface area contributed by atoms with E-state index >= 15 is 0 Å². The maximum Gasteiger partial charge on any atom is 0.218 e. The van der Waals surface area contributed by atoms with Crippen LogP contribution in [0.4, 0.5) is 0 Å². The Morgan fingerprint density at radius 3 is 2.56 bits per heavy atom. The molecular formula is C12H19BrN2O2S. The largest absolute Gasteiger partial charge is 0.318 e. The van der Waals surface area contributed by atoms with E-state index in [0.717, 1.165) is 10.0 Å². The van der Waals surface area contributed by atoms with Crippen molar-refractivity contribution in [3.63, 3.8) is 0 Å². The van der Waals surface area contributed by atoms with Gasteiger partial charge in [0.25, 0.3) is 0 Å². The van der Waals surface area contributed by atoms with Crippen molar-refractivity contribution < 1.29 is 8.42 Å². The molecule has 1 unspecified atom stereocenters. The Labute approximate surface area is 118 Å². The molecule has 1 atom stereocenters. The molecule has 0 bridgehead atoms. The summed E-state index contributed by atoms with van der Waals surface area (Å²) in [6.45, 7) is 2.53. The van der Waals surface area contributed by atoms with Gasteiger partial charge >= 0.3 is 0 Å². The van der Waals surface area contributed by atoms with E-state index in [1.807, 2.05) is 24.3 Å². The van der Waals surface area contributed by atoms with E-state index in [-0.39, 0.29) is 0 Å². The van der Waals surface area contributed by atoms with Gasteiger partial charge in [0.15, 0.2) is 0 Å². The van der Waals surface area contributed by atoms with Crippen molar-refractivity contribution >= 4 is 26.0 Å². The van der Waals surface area contributed by atoms with Crippen molar-refractivity contribution in [2.24, 2.45) is 0 Å². The van der Waals surface area contributed by atoms with Crippen molar-refractivity contribution in [2.75, 3.05) is 20.6 Å². The standard InChI is InChI=1S/C12H19BrN2O2S/c1-10(8-14-2)18(16,17)15(3)9-11-6-4-5-7-12(11)13/h4-7,10,14H,8-9H2,1-3H3. The lowest BCUT2D eigenvalue weighted by molar-refractivity contribution is 0.454. The van der Waals surface area contributed by atoms with Crippen LogP contribution in [-0.2, 0) is 16.6 Å². The van der Waals surface area contributed by atoms with Crippen LogP contribution >= 0.6 is 15.9 Å². The third kappa shape index (κ3) is 3.78. The maximum atomic E-state index is 12.2. The average Bonchev–Trinajstić information content (AvgIpc) is 2.32. The molecule has 4 nitrogen and oxygen atoms in total. The molecule has 0 heterocycles. The number of nitrogens with zero attached hydrogens (tertiary/aromatic N) is 1. The molecule has 0 radical (unpaired) electrons. The van der Waals surface area contributed by atoms with Gasteiger partial charge in [-0.1, -0.05) is 34.1 Å². The van der Waals surface area contributed by atoms with E-state index in [1.165, 1.54) is 4.31 Å². The molecule has 0 saturated carbocycles. The van der Waals surface area contributed by atoms with Crippen molar-refractivity contribution in [1.29, 1.82) is 0 Å². The molecule has 1 aromatic rings. The molecule has 0 amide bonds. The zero-order chi connectivity index (χ0) is 13.8. The van der Waals surface area contributed by atoms with E-state index in [0.29, 0.717) is 13.1 Å². The predicted molar refractivity (Wildman–Crippen MR) is 77.9 cm³/mol. The van der Waals surface area contributed by atoms with Crippen LogP contribution in [0.1, 0.15) is 12.5 Å². The van der Waals surface area contributed by atoms with Gasteiger partial charge < -0.3 is 5.32 Å². The van der Waals surface area contributed by atoms with Gasteiger partial charge in [-0.3, -0.25) is 0 Å². The first-order valence-corrected chi connectivity index (χ1v) is 8.02. The minimum Gasteiger partial charge on any atom is -0.318 e. The quantitative estimate of drug-likeness (QED) is 0.863. The fourth-order valence-corrected chi connectivity index (χ4v) is 3.38. The number of benzene rings is 1. The van der Waals surface area contributed by atoms with Gasteiger partial charge in [-0.25, -0.2) is 12.7 Å². The van der Waals surface area contributed by atoms with Gasteiger partial charge in [0.05, 0.1) is 5.25 Å². The highest BCUT2D eigenvalue weighted by atomic mass is 79.9. The summed E-state index contributed by atoms with van der Waals surface area (Å²) in [4.78, 5) is 0. The molecule has 1 aromatic carbocycles. The first-order valence-electron chi connectivity index (χ1n) is 5.72. The zero-order valence-corrected chi connectivity index (χ0v) is 13.3. The molecule has 0 fully saturated rings. The topological polar surface area (TPSA) is 49.4 Å². The molecule has 0 aromatic heterocycles. The van der Waals surface area contributed by atoms with Gasteiger partial charge in [-0.15, -0.1) is 0 Å². The van der Waals surface area contributed by atoms with Crippen molar-refractivity contribution in [3.05, 3.63) is 34.3 Å². The normalized spacial score (nSPS) is 13.8. The summed E-state index contributed by atoms with van der Waals surface area (Å²) in [5, 5.41) is 2.45. The zero-order valence-electron chi connectivity index (χ0n) is 10.9. The summed E-state index contributed by atoms with van der Waals surface area (Å²) in [6.07, 6.45) is 0. The van der Waals surface area contributed by atoms with Gasteiger partial charge in [0, 0.05) is 24.6 Å². The maximum absolute atomic E-state index is 12.2. The second-order valence-electron chi connectivity index (χ2n) is 4.26. The summed E-state index contributed by atoms with van der Waals surface area (Å²) < 4.78 is 26.7. The van der Waals surface area contributed by atoms with Gasteiger partial charge in [-0.05, 0) is 25.6 Å². The molecule has 1 rings (SSSR count). The van der Waals surface area contributed by atoms with Gasteiger partial charge in [0.1, 0.15) is 0 Å². The Hall–Kier alpha value is -0.430. The van der Waals surface area contributed by atoms with E-state index < -0.39 is 15.3 Å². The highest BCUT2D eigenvalue weighted by Crippen LogP contribution is 2.19. The van der Waals surface area contributed by atoms with E-state index in [1.54, 1.807) is 21.0 Å². The Morgan fingerprint density at radius 1 is 1.39 bits per heavy atom. The molecule has 6 heteroatoms. The lowest BCUT2D eigenvalue weighted by Crippen LogP contribution is -2.39. The fourth-order valence-electron chi connectivity index (χ4n) is 1.66. The summed E-state index contributed by atoms with van der Waals surface area (Å²) in [7, 11) is 0.0958. The highest BCUT2D eigenvalue weighted by Gasteiger charge is 2.25. The number of nitrogens with one attached hydrogen (secondary N) is 1. The summed E-state index contributed by atoms with van der Waals surface area (Å²) in [5.74, 6) is 0. The average molecular weight is 335 g/mol. The molecule has 1 N–H and O–H groups in total. The number of sulfonamides is 1. The summed E-state index contributed by atoms with van der Waals surface area (Å²) >= 11 is 3.43. The monoisotopic (exact) mass is 334 g/mol. The van der Waals surface area contributed by atoms with Crippen LogP contribution in [0, 0.1) is 0 Å². The van der Waals surface area contributed by atoms with Crippen molar-refractivity contribution in [2.45, 2.75) is 18.7 Å². The van der Waals surface area contributed by atoms with E-state index in [2.05, 4.69) is 21.2 Å². The SMILES string of the molecule is CNCC(C)S(=O)(=O)N(C)Cc1ccccc1Br. The Balaban J connectivity index is 2.83. The van der Waals surface area contributed by atoms with Crippen LogP contribution < -0.4 is 5.32 Å². The van der Waals surface area contributed by atoms with Crippen LogP contribution in [0.2, 0.25) is 0 Å². The Morgan fingerprint density at radius 2 is 2.00 bits per heavy atom. The lowest BCUT2D eigenvalue weighted by atomic mass is 10.2. The molecule has 0 spiro atoms. The minimum atomic E-state index is -3.27. The fraction of sp³-hybridized carbons (Fsp3) is 0.500. The second kappa shape index (κ2) is 6.65. The highest BCUT2D eigenvalue weighted by molar-refractivity contribution is 9.10. The second-order valence-corrected chi connectivity index (χ2v) is 7.57. The number of rotatable bonds is 6. The summed E-state index contributed by atoms with van der Waals surface area (Å²) in [5.41, 5.74) is 0.959. The number of halogens is 1. The molecule has 0 aliphatic carbocycles. The van der Waals surface area contributed by atoms with Crippen molar-refractivity contribution in [1.82, 2.24) is 9.62 Å². The molecule has 0 aliphatic heterocycles. The predicted octanol–water partition coefficient (Wildman–Crippen LogP) is 1.82. The van der Waals surface area contributed by atoms with Crippen molar-refractivity contribution in [3.8, 4) is 0 Å². The van der Waals surface area contributed by atoms with Gasteiger partial charge in [-0.2, -0.15) is 0 Å². The van der Waals surface area contributed by atoms with Crippen LogP contribution in [0.3, 0.4) is 0 Å². The first-order chi connectivity index (χ1) is 8.39. The number of hydrogen-bond acceptors (Lipinski definition) is 3. The smallest absolute Gasteiger partial charge is 0.218 e. The first kappa shape index (κ1) is 15.6. The molecule has 0 aliphatic rings. The Kier molecular flexibility index (Phi) is 5.78. The van der Waals surface area contributed by atoms with Crippen LogP contribution in [0.15, 0.2) is 28.7 Å². The van der Waals surface area contributed by atoms with Gasteiger partial charge in [0.2, 0.25) is 10.0 Å². The minimum absolute atomic E-state index is 0.373. The lowest BCUT2D eigenvalue weighted by Gasteiger charge is -2.22.